The molecule has 3 N–H and O–H groups in total. The smallest absolute Gasteiger partial charge is 0.325 e. The molecule has 0 spiro atoms. The molecule has 0 atom stereocenters. The summed E-state index contributed by atoms with van der Waals surface area (Å²) in [6.45, 7) is 4.04. The molecule has 0 unspecified atom stereocenters. The highest BCUT2D eigenvalue weighted by Crippen LogP contribution is 2.36. The SMILES string of the molecule is Cc1cc(CCCP(=O)(O)O)cc(C)c1-c1nc2ccc(-c3nnc(-c4ccc(Cl)cc4)o3)cc2[nH]1. The normalized spacial score (nSPS) is 11.9. The zero-order valence-corrected chi connectivity index (χ0v) is 21.3. The van der Waals surface area contributed by atoms with Gasteiger partial charge < -0.3 is 19.2 Å². The molecule has 8 nitrogen and oxygen atoms in total. The Morgan fingerprint density at radius 1 is 0.944 bits per heavy atom. The Hall–Kier alpha value is -3.29. The van der Waals surface area contributed by atoms with Crippen LogP contribution < -0.4 is 0 Å². The third kappa shape index (κ3) is 5.27. The second-order valence-electron chi connectivity index (χ2n) is 8.83. The van der Waals surface area contributed by atoms with Crippen molar-refractivity contribution in [3.05, 3.63) is 76.3 Å². The molecule has 184 valence electrons. The highest BCUT2D eigenvalue weighted by atomic mass is 35.5. The van der Waals surface area contributed by atoms with E-state index in [1.54, 1.807) is 12.1 Å². The molecule has 0 saturated heterocycles. The fourth-order valence-electron chi connectivity index (χ4n) is 4.37. The number of imidazole rings is 1. The van der Waals surface area contributed by atoms with Crippen molar-refractivity contribution in [1.29, 1.82) is 0 Å². The molecule has 2 aromatic heterocycles. The zero-order chi connectivity index (χ0) is 25.4. The predicted octanol–water partition coefficient (Wildman–Crippen LogP) is 6.33. The molecular formula is C26H24ClN4O4P. The third-order valence-corrected chi connectivity index (χ3v) is 7.14. The number of halogens is 1. The molecule has 0 bridgehead atoms. The first-order valence-electron chi connectivity index (χ1n) is 11.4. The molecule has 5 rings (SSSR count). The molecule has 36 heavy (non-hydrogen) atoms. The van der Waals surface area contributed by atoms with Gasteiger partial charge in [0.25, 0.3) is 0 Å². The lowest BCUT2D eigenvalue weighted by Crippen LogP contribution is -1.96. The minimum absolute atomic E-state index is 0.111. The summed E-state index contributed by atoms with van der Waals surface area (Å²) in [6.07, 6.45) is 0.935. The van der Waals surface area contributed by atoms with Gasteiger partial charge in [0.1, 0.15) is 5.82 Å². The van der Waals surface area contributed by atoms with Crippen molar-refractivity contribution in [2.24, 2.45) is 0 Å². The molecule has 0 saturated carbocycles. The van der Waals surface area contributed by atoms with E-state index in [0.717, 1.165) is 50.2 Å². The molecule has 2 heterocycles. The van der Waals surface area contributed by atoms with Gasteiger partial charge in [-0.1, -0.05) is 23.7 Å². The van der Waals surface area contributed by atoms with E-state index >= 15 is 0 Å². The van der Waals surface area contributed by atoms with E-state index in [1.807, 2.05) is 44.2 Å². The van der Waals surface area contributed by atoms with Crippen LogP contribution in [-0.2, 0) is 11.0 Å². The number of aryl methyl sites for hydroxylation is 3. The maximum atomic E-state index is 11.1. The van der Waals surface area contributed by atoms with Crippen LogP contribution in [0.1, 0.15) is 23.1 Å². The minimum Gasteiger partial charge on any atom is -0.416 e. The number of nitrogens with zero attached hydrogens (tertiary/aromatic N) is 3. The van der Waals surface area contributed by atoms with Gasteiger partial charge >= 0.3 is 7.60 Å². The van der Waals surface area contributed by atoms with Gasteiger partial charge in [0.15, 0.2) is 0 Å². The lowest BCUT2D eigenvalue weighted by Gasteiger charge is -2.11. The average Bonchev–Trinajstić information content (AvgIpc) is 3.45. The van der Waals surface area contributed by atoms with Crippen molar-refractivity contribution in [1.82, 2.24) is 20.2 Å². The van der Waals surface area contributed by atoms with Crippen molar-refractivity contribution < 1.29 is 18.8 Å². The Morgan fingerprint density at radius 3 is 2.25 bits per heavy atom. The first-order valence-corrected chi connectivity index (χ1v) is 13.6. The van der Waals surface area contributed by atoms with Gasteiger partial charge in [-0.05, 0) is 85.8 Å². The van der Waals surface area contributed by atoms with Crippen molar-refractivity contribution >= 4 is 30.2 Å². The molecule has 0 aliphatic carbocycles. The van der Waals surface area contributed by atoms with Gasteiger partial charge in [-0.2, -0.15) is 0 Å². The number of nitrogens with one attached hydrogen (secondary N) is 1. The topological polar surface area (TPSA) is 125 Å². The number of aromatic amines is 1. The Balaban J connectivity index is 1.41. The van der Waals surface area contributed by atoms with Crippen LogP contribution >= 0.6 is 19.2 Å². The van der Waals surface area contributed by atoms with Crippen molar-refractivity contribution in [2.45, 2.75) is 26.7 Å². The second-order valence-corrected chi connectivity index (χ2v) is 11.0. The zero-order valence-electron chi connectivity index (χ0n) is 19.7. The van der Waals surface area contributed by atoms with Gasteiger partial charge in [-0.3, -0.25) is 4.57 Å². The number of hydrogen-bond donors (Lipinski definition) is 3. The third-order valence-electron chi connectivity index (χ3n) is 5.99. The summed E-state index contributed by atoms with van der Waals surface area (Å²) in [4.78, 5) is 26.4. The van der Waals surface area contributed by atoms with Gasteiger partial charge in [-0.25, -0.2) is 4.98 Å². The van der Waals surface area contributed by atoms with E-state index in [-0.39, 0.29) is 6.16 Å². The van der Waals surface area contributed by atoms with Crippen LogP contribution in [0.15, 0.2) is 59.0 Å². The standard InChI is InChI=1S/C26H24ClN4O4P/c1-15-12-17(4-3-11-36(32,33)34)13-16(2)23(15)24-28-21-10-7-19(14-22(21)29-24)26-31-30-25(35-26)18-5-8-20(27)9-6-18/h5-10,12-14H,3-4,11H2,1-2H3,(H,28,29)(H2,32,33,34). The molecular weight excluding hydrogens is 499 g/mol. The number of aromatic nitrogens is 4. The summed E-state index contributed by atoms with van der Waals surface area (Å²) >= 11 is 5.96. The fraction of sp³-hybridized carbons (Fsp3) is 0.192. The van der Waals surface area contributed by atoms with Crippen molar-refractivity contribution in [3.8, 4) is 34.3 Å². The Morgan fingerprint density at radius 2 is 1.58 bits per heavy atom. The van der Waals surface area contributed by atoms with E-state index in [2.05, 4.69) is 27.3 Å². The van der Waals surface area contributed by atoms with E-state index in [9.17, 15) is 4.57 Å². The number of benzene rings is 3. The molecule has 0 amide bonds. The van der Waals surface area contributed by atoms with E-state index in [1.165, 1.54) is 0 Å². The lowest BCUT2D eigenvalue weighted by atomic mass is 9.97. The fourth-order valence-corrected chi connectivity index (χ4v) is 5.07. The summed E-state index contributed by atoms with van der Waals surface area (Å²) in [7, 11) is -3.98. The number of fused-ring (bicyclic) bond motifs is 1. The molecule has 10 heteroatoms. The lowest BCUT2D eigenvalue weighted by molar-refractivity contribution is 0.371. The summed E-state index contributed by atoms with van der Waals surface area (Å²) < 4.78 is 17.0. The van der Waals surface area contributed by atoms with Crippen LogP contribution in [0.5, 0.6) is 0 Å². The van der Waals surface area contributed by atoms with Crippen LogP contribution in [0, 0.1) is 13.8 Å². The quantitative estimate of drug-likeness (QED) is 0.213. The number of rotatable bonds is 7. The van der Waals surface area contributed by atoms with Gasteiger partial charge in [0.2, 0.25) is 11.8 Å². The molecule has 0 aliphatic rings. The molecule has 0 radical (unpaired) electrons. The highest BCUT2D eigenvalue weighted by Gasteiger charge is 2.16. The van der Waals surface area contributed by atoms with Crippen molar-refractivity contribution in [3.63, 3.8) is 0 Å². The van der Waals surface area contributed by atoms with Crippen LogP contribution in [0.4, 0.5) is 0 Å². The molecule has 0 fully saturated rings. The maximum Gasteiger partial charge on any atom is 0.325 e. The van der Waals surface area contributed by atoms with Gasteiger partial charge in [0.05, 0.1) is 17.2 Å². The minimum atomic E-state index is -3.98. The van der Waals surface area contributed by atoms with Gasteiger partial charge in [-0.15, -0.1) is 10.2 Å². The number of hydrogen-bond acceptors (Lipinski definition) is 5. The number of H-pyrrole nitrogens is 1. The second kappa shape index (κ2) is 9.64. The molecule has 0 aliphatic heterocycles. The Bertz CT molecular complexity index is 1580. The monoisotopic (exact) mass is 522 g/mol. The summed E-state index contributed by atoms with van der Waals surface area (Å²) in [6, 6.07) is 17.1. The van der Waals surface area contributed by atoms with Crippen molar-refractivity contribution in [2.75, 3.05) is 6.16 Å². The Kier molecular flexibility index (Phi) is 6.53. The summed E-state index contributed by atoms with van der Waals surface area (Å²) in [5.41, 5.74) is 7.38. The average molecular weight is 523 g/mol. The van der Waals surface area contributed by atoms with E-state index in [4.69, 9.17) is 30.8 Å². The van der Waals surface area contributed by atoms with Gasteiger partial charge in [0, 0.05) is 21.7 Å². The van der Waals surface area contributed by atoms with Crippen LogP contribution in [0.25, 0.3) is 45.3 Å². The highest BCUT2D eigenvalue weighted by molar-refractivity contribution is 7.51. The van der Waals surface area contributed by atoms with Crippen LogP contribution in [0.3, 0.4) is 0 Å². The maximum absolute atomic E-state index is 11.1. The van der Waals surface area contributed by atoms with E-state index in [0.29, 0.717) is 29.6 Å². The first-order chi connectivity index (χ1) is 17.2. The largest absolute Gasteiger partial charge is 0.416 e. The first kappa shape index (κ1) is 24.4. The van der Waals surface area contributed by atoms with E-state index < -0.39 is 7.60 Å². The summed E-state index contributed by atoms with van der Waals surface area (Å²) in [5, 5.41) is 9.00. The molecule has 5 aromatic rings. The van der Waals surface area contributed by atoms with Crippen LogP contribution in [-0.4, -0.2) is 36.1 Å². The summed E-state index contributed by atoms with van der Waals surface area (Å²) in [5.74, 6) is 1.58. The predicted molar refractivity (Wildman–Crippen MR) is 140 cm³/mol. The Labute approximate surface area is 212 Å². The molecule has 3 aromatic carbocycles. The van der Waals surface area contributed by atoms with Crippen LogP contribution in [0.2, 0.25) is 5.02 Å².